The van der Waals surface area contributed by atoms with Crippen LogP contribution in [0, 0.1) is 0 Å². The summed E-state index contributed by atoms with van der Waals surface area (Å²) in [6.45, 7) is 0.245. The average Bonchev–Trinajstić information content (AvgIpc) is 2.50. The Balaban J connectivity index is 1.93. The molecular formula is C16H14N2O2. The average molecular weight is 266 g/mol. The van der Waals surface area contributed by atoms with E-state index in [1.54, 1.807) is 24.3 Å². The van der Waals surface area contributed by atoms with Crippen LogP contribution in [-0.4, -0.2) is 23.1 Å². The van der Waals surface area contributed by atoms with E-state index in [0.717, 1.165) is 5.56 Å². The summed E-state index contributed by atoms with van der Waals surface area (Å²) < 4.78 is 5.12. The largest absolute Gasteiger partial charge is 0.456 e. The fourth-order valence-electron chi connectivity index (χ4n) is 1.79. The summed E-state index contributed by atoms with van der Waals surface area (Å²) in [7, 11) is 0. The first-order chi connectivity index (χ1) is 9.81. The lowest BCUT2D eigenvalue weighted by Crippen LogP contribution is -2.20. The zero-order valence-electron chi connectivity index (χ0n) is 10.9. The highest BCUT2D eigenvalue weighted by Crippen LogP contribution is 2.03. The van der Waals surface area contributed by atoms with Crippen molar-refractivity contribution >= 4 is 11.7 Å². The van der Waals surface area contributed by atoms with Gasteiger partial charge in [0.25, 0.3) is 0 Å². The van der Waals surface area contributed by atoms with Gasteiger partial charge < -0.3 is 10.3 Å². The first-order valence-electron chi connectivity index (χ1n) is 6.30. The first kappa shape index (κ1) is 13.7. The quantitative estimate of drug-likeness (QED) is 0.361. The van der Waals surface area contributed by atoms with Crippen molar-refractivity contribution in [1.82, 2.24) is 0 Å². The summed E-state index contributed by atoms with van der Waals surface area (Å²) in [5.74, 6) is -0.630. The van der Waals surface area contributed by atoms with Gasteiger partial charge in [-0.2, -0.15) is 4.79 Å². The van der Waals surface area contributed by atoms with Crippen molar-refractivity contribution in [3.05, 3.63) is 77.3 Å². The Hall–Kier alpha value is -2.71. The van der Waals surface area contributed by atoms with Crippen molar-refractivity contribution in [3.63, 3.8) is 0 Å². The van der Waals surface area contributed by atoms with Crippen LogP contribution < -0.4 is 0 Å². The fraction of sp³-hybridized carbons (Fsp3) is 0.125. The second-order valence-corrected chi connectivity index (χ2v) is 4.19. The molecule has 0 saturated heterocycles. The Morgan fingerprint density at radius 2 is 1.60 bits per heavy atom. The van der Waals surface area contributed by atoms with Crippen LogP contribution in [-0.2, 0) is 16.0 Å². The van der Waals surface area contributed by atoms with E-state index >= 15 is 0 Å². The van der Waals surface area contributed by atoms with E-state index < -0.39 is 5.97 Å². The minimum Gasteiger partial charge on any atom is -0.456 e. The van der Waals surface area contributed by atoms with Crippen molar-refractivity contribution in [3.8, 4) is 0 Å². The zero-order chi connectivity index (χ0) is 14.2. The molecule has 0 saturated carbocycles. The standard InChI is InChI=1S/C16H14N2O2/c17-18-15(14-9-5-2-6-10-14)16(19)20-12-11-13-7-3-1-4-8-13/h1-10H,11-12H2. The lowest BCUT2D eigenvalue weighted by Gasteiger charge is -2.02. The first-order valence-corrected chi connectivity index (χ1v) is 6.30. The van der Waals surface area contributed by atoms with Crippen molar-refractivity contribution in [2.24, 2.45) is 0 Å². The lowest BCUT2D eigenvalue weighted by atomic mass is 10.1. The molecule has 0 heterocycles. The molecule has 0 aromatic heterocycles. The van der Waals surface area contributed by atoms with Gasteiger partial charge in [-0.05, 0) is 17.7 Å². The molecule has 0 aliphatic carbocycles. The van der Waals surface area contributed by atoms with Crippen molar-refractivity contribution < 1.29 is 14.3 Å². The van der Waals surface area contributed by atoms with Crippen LogP contribution in [0.1, 0.15) is 11.1 Å². The Labute approximate surface area is 117 Å². The number of benzene rings is 2. The summed E-state index contributed by atoms with van der Waals surface area (Å²) in [5, 5.41) is 0. The molecule has 0 spiro atoms. The molecule has 100 valence electrons. The topological polar surface area (TPSA) is 62.7 Å². The van der Waals surface area contributed by atoms with E-state index in [-0.39, 0.29) is 12.3 Å². The van der Waals surface area contributed by atoms with Crippen LogP contribution in [0.25, 0.3) is 5.53 Å². The van der Waals surface area contributed by atoms with Gasteiger partial charge in [-0.25, -0.2) is 4.79 Å². The van der Waals surface area contributed by atoms with Gasteiger partial charge in [0.05, 0.1) is 12.2 Å². The molecule has 0 radical (unpaired) electrons. The third-order valence-corrected chi connectivity index (χ3v) is 2.81. The van der Waals surface area contributed by atoms with E-state index in [9.17, 15) is 4.79 Å². The van der Waals surface area contributed by atoms with Gasteiger partial charge in [0.15, 0.2) is 0 Å². The molecule has 0 fully saturated rings. The smallest absolute Gasteiger partial charge is 0.422 e. The second kappa shape index (κ2) is 7.02. The van der Waals surface area contributed by atoms with Gasteiger partial charge in [0.1, 0.15) is 0 Å². The van der Waals surface area contributed by atoms with Crippen LogP contribution >= 0.6 is 0 Å². The molecule has 20 heavy (non-hydrogen) atoms. The van der Waals surface area contributed by atoms with Gasteiger partial charge in [-0.1, -0.05) is 48.5 Å². The summed E-state index contributed by atoms with van der Waals surface area (Å²) in [6, 6.07) is 18.4. The second-order valence-electron chi connectivity index (χ2n) is 4.19. The Morgan fingerprint density at radius 3 is 2.20 bits per heavy atom. The van der Waals surface area contributed by atoms with Crippen LogP contribution in [0.2, 0.25) is 0 Å². The maximum absolute atomic E-state index is 11.9. The molecule has 0 unspecified atom stereocenters. The van der Waals surface area contributed by atoms with Gasteiger partial charge in [0.2, 0.25) is 0 Å². The normalized spacial score (nSPS) is 9.60. The fourth-order valence-corrected chi connectivity index (χ4v) is 1.79. The number of carbonyl (C=O) groups is 1. The van der Waals surface area contributed by atoms with Crippen LogP contribution in [0.15, 0.2) is 60.7 Å². The van der Waals surface area contributed by atoms with E-state index in [1.807, 2.05) is 36.4 Å². The van der Waals surface area contributed by atoms with E-state index in [0.29, 0.717) is 12.0 Å². The third kappa shape index (κ3) is 3.64. The molecule has 0 atom stereocenters. The van der Waals surface area contributed by atoms with Gasteiger partial charge in [-0.15, -0.1) is 0 Å². The third-order valence-electron chi connectivity index (χ3n) is 2.81. The Morgan fingerprint density at radius 1 is 1.00 bits per heavy atom. The van der Waals surface area contributed by atoms with Crippen LogP contribution in [0.5, 0.6) is 0 Å². The predicted molar refractivity (Wildman–Crippen MR) is 75.3 cm³/mol. The predicted octanol–water partition coefficient (Wildman–Crippen LogP) is 2.49. The van der Waals surface area contributed by atoms with Crippen molar-refractivity contribution in [2.45, 2.75) is 6.42 Å². The number of carbonyl (C=O) groups excluding carboxylic acids is 1. The molecule has 0 aliphatic rings. The summed E-state index contributed by atoms with van der Waals surface area (Å²) >= 11 is 0. The Kier molecular flexibility index (Phi) is 4.81. The van der Waals surface area contributed by atoms with Crippen LogP contribution in [0.3, 0.4) is 0 Å². The molecule has 4 heteroatoms. The van der Waals surface area contributed by atoms with Gasteiger partial charge in [-0.3, -0.25) is 0 Å². The molecule has 4 nitrogen and oxygen atoms in total. The number of hydrogen-bond acceptors (Lipinski definition) is 2. The molecule has 0 aliphatic heterocycles. The van der Waals surface area contributed by atoms with E-state index in [2.05, 4.69) is 4.79 Å². The highest BCUT2D eigenvalue weighted by Gasteiger charge is 2.23. The summed E-state index contributed by atoms with van der Waals surface area (Å²) in [4.78, 5) is 14.9. The summed E-state index contributed by atoms with van der Waals surface area (Å²) in [6.07, 6.45) is 0.625. The van der Waals surface area contributed by atoms with Gasteiger partial charge >= 0.3 is 11.7 Å². The van der Waals surface area contributed by atoms with Crippen molar-refractivity contribution in [2.75, 3.05) is 6.61 Å². The Bertz CT molecular complexity index is 617. The number of esters is 1. The van der Waals surface area contributed by atoms with E-state index in [1.165, 1.54) is 0 Å². The SMILES string of the molecule is [N-]=[N+]=C(C(=O)OCCc1ccccc1)c1ccccc1. The molecule has 0 N–H and O–H groups in total. The molecule has 2 rings (SSSR count). The highest BCUT2D eigenvalue weighted by atomic mass is 16.5. The van der Waals surface area contributed by atoms with Crippen molar-refractivity contribution in [1.29, 1.82) is 0 Å². The minimum atomic E-state index is -0.630. The molecule has 2 aromatic carbocycles. The van der Waals surface area contributed by atoms with Gasteiger partial charge in [0, 0.05) is 6.42 Å². The zero-order valence-corrected chi connectivity index (χ0v) is 10.9. The number of nitrogens with zero attached hydrogens (tertiary/aromatic N) is 2. The van der Waals surface area contributed by atoms with Crippen LogP contribution in [0.4, 0.5) is 0 Å². The highest BCUT2D eigenvalue weighted by molar-refractivity contribution is 6.40. The molecule has 2 aromatic rings. The number of ether oxygens (including phenoxy) is 1. The lowest BCUT2D eigenvalue weighted by molar-refractivity contribution is -0.139. The minimum absolute atomic E-state index is 0.0846. The number of hydrogen-bond donors (Lipinski definition) is 0. The molecular weight excluding hydrogens is 252 g/mol. The number of rotatable bonds is 5. The monoisotopic (exact) mass is 266 g/mol. The maximum atomic E-state index is 11.9. The molecule has 0 bridgehead atoms. The molecule has 0 amide bonds. The maximum Gasteiger partial charge on any atom is 0.422 e. The summed E-state index contributed by atoms with van der Waals surface area (Å²) in [5.41, 5.74) is 10.5. The van der Waals surface area contributed by atoms with E-state index in [4.69, 9.17) is 10.3 Å².